The van der Waals surface area contributed by atoms with E-state index in [9.17, 15) is 14.0 Å². The second-order valence-corrected chi connectivity index (χ2v) is 8.12. The van der Waals surface area contributed by atoms with Gasteiger partial charge in [-0.15, -0.1) is 0 Å². The third-order valence-corrected chi connectivity index (χ3v) is 5.50. The standard InChI is InChI=1S/C27H37FN2O4/c1-5-8-17-29-27(32)20(4)30(19-22-9-13-23(28)14-10-22)26(31)16-12-21-11-15-24(33-6-2)25(18-21)34-7-3/h9-11,13-15,18,20H,5-8,12,16-17,19H2,1-4H3,(H,29,32). The number of rotatable bonds is 14. The minimum absolute atomic E-state index is 0.144. The van der Waals surface area contributed by atoms with Gasteiger partial charge in [-0.2, -0.15) is 0 Å². The topological polar surface area (TPSA) is 67.9 Å². The zero-order valence-electron chi connectivity index (χ0n) is 20.7. The minimum Gasteiger partial charge on any atom is -0.490 e. The molecule has 0 saturated carbocycles. The van der Waals surface area contributed by atoms with Gasteiger partial charge in [0.2, 0.25) is 11.8 Å². The zero-order valence-corrected chi connectivity index (χ0v) is 20.7. The van der Waals surface area contributed by atoms with Crippen LogP contribution in [-0.2, 0) is 22.6 Å². The van der Waals surface area contributed by atoms with Crippen molar-refractivity contribution in [1.82, 2.24) is 10.2 Å². The Morgan fingerprint density at radius 1 is 0.971 bits per heavy atom. The van der Waals surface area contributed by atoms with Crippen LogP contribution in [0.1, 0.15) is 58.1 Å². The van der Waals surface area contributed by atoms with Crippen molar-refractivity contribution in [2.24, 2.45) is 0 Å². The number of halogens is 1. The number of unbranched alkanes of at least 4 members (excludes halogenated alkanes) is 1. The van der Waals surface area contributed by atoms with Crippen molar-refractivity contribution in [2.75, 3.05) is 19.8 Å². The first-order chi connectivity index (χ1) is 16.4. The van der Waals surface area contributed by atoms with Gasteiger partial charge in [0.1, 0.15) is 11.9 Å². The lowest BCUT2D eigenvalue weighted by atomic mass is 10.1. The van der Waals surface area contributed by atoms with Crippen LogP contribution in [-0.4, -0.2) is 42.5 Å². The smallest absolute Gasteiger partial charge is 0.242 e. The van der Waals surface area contributed by atoms with Gasteiger partial charge in [-0.25, -0.2) is 4.39 Å². The molecule has 6 nitrogen and oxygen atoms in total. The predicted octanol–water partition coefficient (Wildman–Crippen LogP) is 4.89. The maximum atomic E-state index is 13.4. The summed E-state index contributed by atoms with van der Waals surface area (Å²) in [5.41, 5.74) is 1.71. The lowest BCUT2D eigenvalue weighted by molar-refractivity contribution is -0.140. The van der Waals surface area contributed by atoms with E-state index in [0.29, 0.717) is 37.7 Å². The molecule has 34 heavy (non-hydrogen) atoms. The van der Waals surface area contributed by atoms with Gasteiger partial charge >= 0.3 is 0 Å². The molecule has 1 N–H and O–H groups in total. The molecule has 0 radical (unpaired) electrons. The second-order valence-electron chi connectivity index (χ2n) is 8.12. The van der Waals surface area contributed by atoms with Crippen LogP contribution >= 0.6 is 0 Å². The summed E-state index contributed by atoms with van der Waals surface area (Å²) in [6.07, 6.45) is 2.58. The Hall–Kier alpha value is -3.09. The highest BCUT2D eigenvalue weighted by molar-refractivity contribution is 5.87. The van der Waals surface area contributed by atoms with Crippen molar-refractivity contribution in [3.8, 4) is 11.5 Å². The van der Waals surface area contributed by atoms with Crippen LogP contribution in [0.15, 0.2) is 42.5 Å². The molecule has 2 rings (SSSR count). The summed E-state index contributed by atoms with van der Waals surface area (Å²) >= 11 is 0. The average Bonchev–Trinajstić information content (AvgIpc) is 2.83. The molecule has 0 aliphatic carbocycles. The van der Waals surface area contributed by atoms with E-state index in [0.717, 1.165) is 24.0 Å². The highest BCUT2D eigenvalue weighted by Crippen LogP contribution is 2.29. The molecule has 0 heterocycles. The Bertz CT molecular complexity index is 917. The van der Waals surface area contributed by atoms with Crippen LogP contribution in [0.3, 0.4) is 0 Å². The van der Waals surface area contributed by atoms with E-state index in [2.05, 4.69) is 12.2 Å². The first-order valence-electron chi connectivity index (χ1n) is 12.1. The summed E-state index contributed by atoms with van der Waals surface area (Å²) in [6.45, 7) is 9.46. The van der Waals surface area contributed by atoms with Gasteiger partial charge in [-0.1, -0.05) is 31.5 Å². The van der Waals surface area contributed by atoms with Gasteiger partial charge in [0.15, 0.2) is 11.5 Å². The number of carbonyl (C=O) groups excluding carboxylic acids is 2. The van der Waals surface area contributed by atoms with Gasteiger partial charge in [-0.3, -0.25) is 9.59 Å². The monoisotopic (exact) mass is 472 g/mol. The van der Waals surface area contributed by atoms with Crippen LogP contribution in [0.4, 0.5) is 4.39 Å². The van der Waals surface area contributed by atoms with Crippen LogP contribution in [0.5, 0.6) is 11.5 Å². The van der Waals surface area contributed by atoms with E-state index in [-0.39, 0.29) is 30.6 Å². The Kier molecular flexibility index (Phi) is 11.4. The van der Waals surface area contributed by atoms with Gasteiger partial charge in [0.25, 0.3) is 0 Å². The number of hydrogen-bond acceptors (Lipinski definition) is 4. The molecule has 186 valence electrons. The normalized spacial score (nSPS) is 11.6. The SMILES string of the molecule is CCCCNC(=O)C(C)N(Cc1ccc(F)cc1)C(=O)CCc1ccc(OCC)c(OCC)c1. The summed E-state index contributed by atoms with van der Waals surface area (Å²) in [7, 11) is 0. The van der Waals surface area contributed by atoms with E-state index < -0.39 is 6.04 Å². The molecular formula is C27H37FN2O4. The maximum absolute atomic E-state index is 13.4. The number of aryl methyl sites for hydroxylation is 1. The lowest BCUT2D eigenvalue weighted by Crippen LogP contribution is -2.47. The fraction of sp³-hybridized carbons (Fsp3) is 0.481. The van der Waals surface area contributed by atoms with E-state index >= 15 is 0 Å². The number of nitrogens with zero attached hydrogens (tertiary/aromatic N) is 1. The molecule has 1 unspecified atom stereocenters. The van der Waals surface area contributed by atoms with E-state index in [1.54, 1.807) is 24.0 Å². The van der Waals surface area contributed by atoms with Crippen molar-refractivity contribution in [3.63, 3.8) is 0 Å². The summed E-state index contributed by atoms with van der Waals surface area (Å²) in [5.74, 6) is 0.654. The van der Waals surface area contributed by atoms with Crippen molar-refractivity contribution >= 4 is 11.8 Å². The predicted molar refractivity (Wildman–Crippen MR) is 131 cm³/mol. The largest absolute Gasteiger partial charge is 0.490 e. The van der Waals surface area contributed by atoms with Crippen LogP contribution in [0, 0.1) is 5.82 Å². The summed E-state index contributed by atoms with van der Waals surface area (Å²) < 4.78 is 24.6. The first-order valence-corrected chi connectivity index (χ1v) is 12.1. The quantitative estimate of drug-likeness (QED) is 0.398. The van der Waals surface area contributed by atoms with Crippen LogP contribution in [0.2, 0.25) is 0 Å². The summed E-state index contributed by atoms with van der Waals surface area (Å²) in [5, 5.41) is 2.90. The van der Waals surface area contributed by atoms with Crippen LogP contribution in [0.25, 0.3) is 0 Å². The molecule has 0 spiro atoms. The molecule has 0 saturated heterocycles. The highest BCUT2D eigenvalue weighted by atomic mass is 19.1. The molecule has 0 aliphatic heterocycles. The maximum Gasteiger partial charge on any atom is 0.242 e. The molecule has 2 aromatic rings. The number of benzene rings is 2. The van der Waals surface area contributed by atoms with Crippen molar-refractivity contribution in [1.29, 1.82) is 0 Å². The van der Waals surface area contributed by atoms with Gasteiger partial charge in [0, 0.05) is 19.5 Å². The summed E-state index contributed by atoms with van der Waals surface area (Å²) in [4.78, 5) is 27.5. The third-order valence-electron chi connectivity index (χ3n) is 5.50. The first kappa shape index (κ1) is 27.2. The molecular weight excluding hydrogens is 435 g/mol. The summed E-state index contributed by atoms with van der Waals surface area (Å²) in [6, 6.07) is 11.0. The second kappa shape index (κ2) is 14.2. The molecule has 2 aromatic carbocycles. The number of ether oxygens (including phenoxy) is 2. The van der Waals surface area contributed by atoms with E-state index in [1.165, 1.54) is 12.1 Å². The number of nitrogens with one attached hydrogen (secondary N) is 1. The fourth-order valence-corrected chi connectivity index (χ4v) is 3.55. The fourth-order valence-electron chi connectivity index (χ4n) is 3.55. The molecule has 0 bridgehead atoms. The molecule has 0 fully saturated rings. The van der Waals surface area contributed by atoms with Gasteiger partial charge < -0.3 is 19.7 Å². The zero-order chi connectivity index (χ0) is 24.9. The van der Waals surface area contributed by atoms with E-state index in [4.69, 9.17) is 9.47 Å². The van der Waals surface area contributed by atoms with Crippen LogP contribution < -0.4 is 14.8 Å². The Morgan fingerprint density at radius 3 is 2.26 bits per heavy atom. The highest BCUT2D eigenvalue weighted by Gasteiger charge is 2.26. The third kappa shape index (κ3) is 8.36. The van der Waals surface area contributed by atoms with Crippen molar-refractivity contribution in [2.45, 2.75) is 66.0 Å². The molecule has 1 atom stereocenters. The van der Waals surface area contributed by atoms with Gasteiger partial charge in [0.05, 0.1) is 13.2 Å². The van der Waals surface area contributed by atoms with Crippen molar-refractivity contribution < 1.29 is 23.5 Å². The number of carbonyl (C=O) groups is 2. The van der Waals surface area contributed by atoms with Gasteiger partial charge in [-0.05, 0) is 69.0 Å². The molecule has 2 amide bonds. The Balaban J connectivity index is 2.14. The lowest BCUT2D eigenvalue weighted by Gasteiger charge is -2.29. The molecule has 7 heteroatoms. The minimum atomic E-state index is -0.645. The average molecular weight is 473 g/mol. The molecule has 0 aliphatic rings. The number of hydrogen-bond donors (Lipinski definition) is 1. The van der Waals surface area contributed by atoms with Crippen molar-refractivity contribution in [3.05, 3.63) is 59.4 Å². The number of amides is 2. The molecule has 0 aromatic heterocycles. The van der Waals surface area contributed by atoms with E-state index in [1.807, 2.05) is 32.0 Å². The Labute approximate surface area is 202 Å². The Morgan fingerprint density at radius 2 is 1.62 bits per heavy atom.